The van der Waals surface area contributed by atoms with Crippen LogP contribution >= 0.6 is 0 Å². The normalized spacial score (nSPS) is 11.6. The molecule has 0 bridgehead atoms. The predicted molar refractivity (Wildman–Crippen MR) is 319 cm³/mol. The van der Waals surface area contributed by atoms with Gasteiger partial charge in [0.25, 0.3) is 0 Å². The first-order chi connectivity index (χ1) is 36.8. The SMILES string of the molecule is Cc1ccc(-c2cc(F)c(N(c3ccc(C)cc3C)c3ccc4ccc5c(N(c6ccc(C)cc6C)c6c(F)cc(-c7ccc(C)cc7)cc6-c6ccc(C)cc6)ccc6ccc3c4c65)c(-c3ccc(C)cc3)c2)cc1. The van der Waals surface area contributed by atoms with E-state index >= 15 is 8.78 Å². The van der Waals surface area contributed by atoms with Crippen LogP contribution in [0.5, 0.6) is 0 Å². The Kier molecular flexibility index (Phi) is 12.1. The highest BCUT2D eigenvalue weighted by Crippen LogP contribution is 2.52. The molecular formula is C72H58F2N2. The van der Waals surface area contributed by atoms with Gasteiger partial charge in [-0.25, -0.2) is 8.78 Å². The first-order valence-corrected chi connectivity index (χ1v) is 26.2. The van der Waals surface area contributed by atoms with Crippen LogP contribution in [0.3, 0.4) is 0 Å². The highest BCUT2D eigenvalue weighted by molar-refractivity contribution is 6.28. The Morgan fingerprint density at radius 3 is 0.908 bits per heavy atom. The van der Waals surface area contributed by atoms with Crippen molar-refractivity contribution >= 4 is 66.4 Å². The van der Waals surface area contributed by atoms with Crippen molar-refractivity contribution < 1.29 is 8.78 Å². The molecule has 0 unspecified atom stereocenters. The van der Waals surface area contributed by atoms with Gasteiger partial charge in [-0.15, -0.1) is 0 Å². The Bertz CT molecular complexity index is 3920. The minimum atomic E-state index is -0.328. The molecule has 12 aromatic rings. The van der Waals surface area contributed by atoms with Crippen molar-refractivity contribution in [2.75, 3.05) is 9.80 Å². The van der Waals surface area contributed by atoms with Crippen molar-refractivity contribution in [3.63, 3.8) is 0 Å². The van der Waals surface area contributed by atoms with Crippen LogP contribution in [-0.2, 0) is 0 Å². The molecule has 0 aliphatic rings. The number of hydrogen-bond acceptors (Lipinski definition) is 2. The minimum Gasteiger partial charge on any atom is -0.306 e. The maximum atomic E-state index is 18.1. The summed E-state index contributed by atoms with van der Waals surface area (Å²) in [5.41, 5.74) is 20.1. The van der Waals surface area contributed by atoms with Gasteiger partial charge in [0.15, 0.2) is 0 Å². The Morgan fingerprint density at radius 2 is 0.566 bits per heavy atom. The third-order valence-corrected chi connectivity index (χ3v) is 15.4. The van der Waals surface area contributed by atoms with E-state index in [1.807, 2.05) is 0 Å². The monoisotopic (exact) mass is 988 g/mol. The van der Waals surface area contributed by atoms with Gasteiger partial charge in [0.2, 0.25) is 0 Å². The van der Waals surface area contributed by atoms with Gasteiger partial charge in [-0.1, -0.05) is 191 Å². The quantitative estimate of drug-likeness (QED) is 0.126. The second-order valence-electron chi connectivity index (χ2n) is 21.0. The predicted octanol–water partition coefficient (Wildman–Crippen LogP) is 20.9. The van der Waals surface area contributed by atoms with Crippen LogP contribution in [0.1, 0.15) is 44.5 Å². The lowest BCUT2D eigenvalue weighted by Crippen LogP contribution is -2.16. The maximum absolute atomic E-state index is 18.1. The summed E-state index contributed by atoms with van der Waals surface area (Å²) in [6.45, 7) is 16.7. The molecule has 0 heterocycles. The summed E-state index contributed by atoms with van der Waals surface area (Å²) < 4.78 is 36.1. The zero-order valence-electron chi connectivity index (χ0n) is 44.3. The molecule has 0 atom stereocenters. The molecular weight excluding hydrogens is 931 g/mol. The summed E-state index contributed by atoms with van der Waals surface area (Å²) in [6.07, 6.45) is 0. The molecule has 370 valence electrons. The average molecular weight is 989 g/mol. The van der Waals surface area contributed by atoms with Crippen molar-refractivity contribution in [3.05, 3.63) is 262 Å². The number of aryl methyl sites for hydroxylation is 8. The zero-order valence-corrected chi connectivity index (χ0v) is 44.3. The number of rotatable bonds is 10. The van der Waals surface area contributed by atoms with Gasteiger partial charge in [-0.05, 0) is 170 Å². The van der Waals surface area contributed by atoms with Crippen LogP contribution < -0.4 is 9.80 Å². The largest absolute Gasteiger partial charge is 0.306 e. The number of anilines is 6. The molecule has 12 rings (SSSR count). The third kappa shape index (κ3) is 8.54. The minimum absolute atomic E-state index is 0.328. The second kappa shape index (κ2) is 19.1. The molecule has 0 amide bonds. The first kappa shape index (κ1) is 48.1. The lowest BCUT2D eigenvalue weighted by atomic mass is 9.90. The summed E-state index contributed by atoms with van der Waals surface area (Å²) >= 11 is 0. The molecule has 76 heavy (non-hydrogen) atoms. The number of halogens is 2. The van der Waals surface area contributed by atoms with Crippen molar-refractivity contribution in [1.82, 2.24) is 0 Å². The molecule has 0 fully saturated rings. The molecule has 2 nitrogen and oxygen atoms in total. The molecule has 0 aliphatic carbocycles. The molecule has 0 aromatic heterocycles. The smallest absolute Gasteiger partial charge is 0.148 e. The van der Waals surface area contributed by atoms with Gasteiger partial charge >= 0.3 is 0 Å². The molecule has 0 saturated heterocycles. The molecule has 12 aromatic carbocycles. The molecule has 0 spiro atoms. The van der Waals surface area contributed by atoms with E-state index in [1.165, 1.54) is 0 Å². The molecule has 4 heteroatoms. The van der Waals surface area contributed by atoms with E-state index in [4.69, 9.17) is 0 Å². The van der Waals surface area contributed by atoms with Crippen LogP contribution in [-0.4, -0.2) is 0 Å². The maximum Gasteiger partial charge on any atom is 0.148 e. The fourth-order valence-corrected chi connectivity index (χ4v) is 11.4. The Balaban J connectivity index is 1.14. The molecule has 0 saturated carbocycles. The first-order valence-electron chi connectivity index (χ1n) is 26.2. The van der Waals surface area contributed by atoms with Gasteiger partial charge in [0, 0.05) is 33.3 Å². The standard InChI is InChI=1S/C72H58F2N2/c1-43-9-19-51(20-10-43)57-39-61(53-23-13-45(3)14-24-53)71(63(73)41-57)75(65-33-17-47(5)37-49(65)7)67-35-29-55-28-32-60-68(36-30-56-27-31-59(67)69(55)70(56)60)76(66-34-18-48(6)38-50(66)8)72-62(54-25-15-46(4)16-26-54)40-58(42-64(72)74)52-21-11-44(2)12-22-52/h9-42H,1-8H3. The summed E-state index contributed by atoms with van der Waals surface area (Å²) in [5, 5.41) is 6.14. The van der Waals surface area contributed by atoms with Crippen molar-refractivity contribution in [1.29, 1.82) is 0 Å². The highest BCUT2D eigenvalue weighted by Gasteiger charge is 2.29. The van der Waals surface area contributed by atoms with Crippen LogP contribution in [0.2, 0.25) is 0 Å². The van der Waals surface area contributed by atoms with Gasteiger partial charge < -0.3 is 9.80 Å². The van der Waals surface area contributed by atoms with Crippen LogP contribution in [0.15, 0.2) is 206 Å². The van der Waals surface area contributed by atoms with Crippen molar-refractivity contribution in [3.8, 4) is 44.5 Å². The Morgan fingerprint density at radius 1 is 0.263 bits per heavy atom. The average Bonchev–Trinajstić information content (AvgIpc) is 3.59. The highest BCUT2D eigenvalue weighted by atomic mass is 19.1. The Hall–Kier alpha value is -8.86. The number of benzene rings is 12. The summed E-state index contributed by atoms with van der Waals surface area (Å²) in [4.78, 5) is 4.29. The van der Waals surface area contributed by atoms with Crippen LogP contribution in [0.25, 0.3) is 76.8 Å². The van der Waals surface area contributed by atoms with E-state index in [1.54, 1.807) is 12.1 Å². The van der Waals surface area contributed by atoms with Gasteiger partial charge in [-0.3, -0.25) is 0 Å². The topological polar surface area (TPSA) is 6.48 Å². The van der Waals surface area contributed by atoms with Gasteiger partial charge in [0.05, 0.1) is 22.7 Å². The van der Waals surface area contributed by atoms with Gasteiger partial charge in [-0.2, -0.15) is 0 Å². The van der Waals surface area contributed by atoms with Crippen molar-refractivity contribution in [2.45, 2.75) is 55.4 Å². The lowest BCUT2D eigenvalue weighted by molar-refractivity contribution is 0.629. The molecule has 0 aliphatic heterocycles. The van der Waals surface area contributed by atoms with Crippen LogP contribution in [0, 0.1) is 67.0 Å². The van der Waals surface area contributed by atoms with E-state index in [0.717, 1.165) is 144 Å². The second-order valence-corrected chi connectivity index (χ2v) is 21.0. The molecule has 0 radical (unpaired) electrons. The van der Waals surface area contributed by atoms with Crippen molar-refractivity contribution in [2.24, 2.45) is 0 Å². The summed E-state index contributed by atoms with van der Waals surface area (Å²) in [5.74, 6) is -0.656. The fraction of sp³-hybridized carbons (Fsp3) is 0.111. The third-order valence-electron chi connectivity index (χ3n) is 15.4. The zero-order chi connectivity index (χ0) is 52.5. The lowest BCUT2D eigenvalue weighted by Gasteiger charge is -2.33. The van der Waals surface area contributed by atoms with E-state index in [0.29, 0.717) is 11.4 Å². The Labute approximate surface area is 445 Å². The fourth-order valence-electron chi connectivity index (χ4n) is 11.4. The van der Waals surface area contributed by atoms with E-state index in [2.05, 4.69) is 259 Å². The summed E-state index contributed by atoms with van der Waals surface area (Å²) in [6, 6.07) is 71.3. The molecule has 0 N–H and O–H groups in total. The summed E-state index contributed by atoms with van der Waals surface area (Å²) in [7, 11) is 0. The number of hydrogen-bond donors (Lipinski definition) is 0. The van der Waals surface area contributed by atoms with Crippen LogP contribution in [0.4, 0.5) is 42.9 Å². The van der Waals surface area contributed by atoms with E-state index in [-0.39, 0.29) is 11.6 Å². The van der Waals surface area contributed by atoms with Gasteiger partial charge in [0.1, 0.15) is 11.6 Å². The van der Waals surface area contributed by atoms with E-state index < -0.39 is 0 Å². The number of nitrogens with zero attached hydrogens (tertiary/aromatic N) is 2. The van der Waals surface area contributed by atoms with E-state index in [9.17, 15) is 0 Å².